The zero-order valence-electron chi connectivity index (χ0n) is 19.0. The van der Waals surface area contributed by atoms with Gasteiger partial charge in [0.05, 0.1) is 18.5 Å². The highest BCUT2D eigenvalue weighted by atomic mass is 19.1. The van der Waals surface area contributed by atoms with Gasteiger partial charge in [-0.2, -0.15) is 5.26 Å². The lowest BCUT2D eigenvalue weighted by Crippen LogP contribution is -2.30. The lowest BCUT2D eigenvalue weighted by atomic mass is 9.96. The minimum Gasteiger partial charge on any atom is -0.508 e. The van der Waals surface area contributed by atoms with Gasteiger partial charge in [0.2, 0.25) is 0 Å². The number of carbonyl (C=O) groups is 1. The summed E-state index contributed by atoms with van der Waals surface area (Å²) in [5.41, 5.74) is 3.28. The molecule has 0 bridgehead atoms. The van der Waals surface area contributed by atoms with Crippen molar-refractivity contribution >= 4 is 5.91 Å². The number of phenols is 1. The Bertz CT molecular complexity index is 1340. The average molecular weight is 454 g/mol. The zero-order chi connectivity index (χ0) is 24.3. The smallest absolute Gasteiger partial charge is 0.270 e. The maximum absolute atomic E-state index is 13.5. The highest BCUT2D eigenvalue weighted by Gasteiger charge is 2.40. The summed E-state index contributed by atoms with van der Waals surface area (Å²) >= 11 is 0. The van der Waals surface area contributed by atoms with Crippen LogP contribution in [0.25, 0.3) is 0 Å². The van der Waals surface area contributed by atoms with Gasteiger partial charge in [-0.3, -0.25) is 4.79 Å². The van der Waals surface area contributed by atoms with Crippen LogP contribution in [-0.4, -0.2) is 16.0 Å². The van der Waals surface area contributed by atoms with Gasteiger partial charge in [0, 0.05) is 22.2 Å². The Morgan fingerprint density at radius 3 is 2.59 bits per heavy atom. The normalized spacial score (nSPS) is 14.3. The van der Waals surface area contributed by atoms with Crippen molar-refractivity contribution in [3.63, 3.8) is 0 Å². The van der Waals surface area contributed by atoms with Crippen molar-refractivity contribution in [2.24, 2.45) is 5.41 Å². The number of hydrogen-bond acceptors (Lipinski definition) is 4. The van der Waals surface area contributed by atoms with Crippen molar-refractivity contribution in [1.82, 2.24) is 10.3 Å². The van der Waals surface area contributed by atoms with Crippen molar-refractivity contribution in [1.29, 1.82) is 5.26 Å². The molecule has 1 unspecified atom stereocenters. The number of hydrogen-bond donors (Lipinski definition) is 2. The fourth-order valence-electron chi connectivity index (χ4n) is 3.82. The van der Waals surface area contributed by atoms with Crippen LogP contribution in [0, 0.1) is 48.3 Å². The first-order valence-corrected chi connectivity index (χ1v) is 11.0. The van der Waals surface area contributed by atoms with Gasteiger partial charge < -0.3 is 10.4 Å². The minimum absolute atomic E-state index is 0.0243. The molecule has 170 valence electrons. The second-order valence-corrected chi connectivity index (χ2v) is 8.77. The number of benzene rings is 2. The van der Waals surface area contributed by atoms with E-state index in [9.17, 15) is 14.3 Å². The molecule has 1 aromatic heterocycles. The number of rotatable bonds is 5. The first-order valence-electron chi connectivity index (χ1n) is 11.0. The van der Waals surface area contributed by atoms with Gasteiger partial charge in [-0.05, 0) is 68.7 Å². The van der Waals surface area contributed by atoms with Crippen molar-refractivity contribution in [3.8, 4) is 23.7 Å². The molecule has 0 aliphatic heterocycles. The molecular formula is C28H24FN3O2. The average Bonchev–Trinajstić information content (AvgIpc) is 3.58. The first kappa shape index (κ1) is 23.0. The van der Waals surface area contributed by atoms with Gasteiger partial charge in [-0.15, -0.1) is 0 Å². The van der Waals surface area contributed by atoms with Crippen LogP contribution in [0.1, 0.15) is 63.7 Å². The second kappa shape index (κ2) is 9.37. The molecule has 1 aliphatic carbocycles. The largest absolute Gasteiger partial charge is 0.508 e. The number of aryl methyl sites for hydroxylation is 2. The van der Waals surface area contributed by atoms with E-state index in [-0.39, 0.29) is 16.9 Å². The molecule has 1 heterocycles. The van der Waals surface area contributed by atoms with Gasteiger partial charge in [0.15, 0.2) is 0 Å². The van der Waals surface area contributed by atoms with Crippen LogP contribution >= 0.6 is 0 Å². The highest BCUT2D eigenvalue weighted by molar-refractivity contribution is 5.93. The Kier molecular flexibility index (Phi) is 6.34. The molecule has 3 aromatic rings. The Balaban J connectivity index is 1.66. The molecule has 0 spiro atoms. The van der Waals surface area contributed by atoms with Crippen LogP contribution in [0.4, 0.5) is 4.39 Å². The Hall–Kier alpha value is -4.16. The van der Waals surface area contributed by atoms with Gasteiger partial charge in [0.25, 0.3) is 5.91 Å². The van der Waals surface area contributed by atoms with Crippen molar-refractivity contribution < 1.29 is 14.3 Å². The standard InChI is InChI=1S/C28H24FN3O2/c1-18-3-8-25(33)23(15-18)26(21-4-6-22(29)7-5-21)32-27(34)24-17-20(16-19(2)31-24)9-10-28(11-12-28)13-14-30/h3-8,15-17,26,33H,11-13H2,1-2H3,(H,32,34). The maximum Gasteiger partial charge on any atom is 0.270 e. The van der Waals surface area contributed by atoms with E-state index >= 15 is 0 Å². The zero-order valence-corrected chi connectivity index (χ0v) is 19.0. The number of amides is 1. The quantitative estimate of drug-likeness (QED) is 0.526. The molecule has 1 atom stereocenters. The Labute approximate surface area is 198 Å². The lowest BCUT2D eigenvalue weighted by molar-refractivity contribution is 0.0937. The van der Waals surface area contributed by atoms with Crippen LogP contribution in [0.15, 0.2) is 54.6 Å². The van der Waals surface area contributed by atoms with Crippen LogP contribution in [-0.2, 0) is 0 Å². The van der Waals surface area contributed by atoms with Crippen molar-refractivity contribution in [3.05, 3.63) is 94.1 Å². The summed E-state index contributed by atoms with van der Waals surface area (Å²) in [5, 5.41) is 22.4. The molecule has 0 saturated heterocycles. The molecule has 6 heteroatoms. The Morgan fingerprint density at radius 2 is 1.91 bits per heavy atom. The van der Waals surface area contributed by atoms with Crippen molar-refractivity contribution in [2.75, 3.05) is 0 Å². The highest BCUT2D eigenvalue weighted by Crippen LogP contribution is 2.47. The molecule has 1 amide bonds. The number of carbonyl (C=O) groups excluding carboxylic acids is 1. The molecule has 0 radical (unpaired) electrons. The first-order chi connectivity index (χ1) is 16.3. The molecule has 1 fully saturated rings. The van der Waals surface area contributed by atoms with Crippen LogP contribution in [0.3, 0.4) is 0 Å². The van der Waals surface area contributed by atoms with Crippen molar-refractivity contribution in [2.45, 2.75) is 39.2 Å². The van der Waals surface area contributed by atoms with Gasteiger partial charge in [-0.25, -0.2) is 9.37 Å². The molecular weight excluding hydrogens is 429 g/mol. The molecule has 1 aliphatic rings. The molecule has 4 rings (SSSR count). The SMILES string of the molecule is Cc1ccc(O)c(C(NC(=O)c2cc(C#CC3(CC#N)CC3)cc(C)n2)c2ccc(F)cc2)c1. The van der Waals surface area contributed by atoms with E-state index in [1.807, 2.05) is 6.92 Å². The third kappa shape index (κ3) is 5.24. The van der Waals surface area contributed by atoms with E-state index in [2.05, 4.69) is 28.2 Å². The summed E-state index contributed by atoms with van der Waals surface area (Å²) in [6, 6.07) is 15.8. The molecule has 2 N–H and O–H groups in total. The summed E-state index contributed by atoms with van der Waals surface area (Å²) in [7, 11) is 0. The van der Waals surface area contributed by atoms with E-state index in [0.29, 0.717) is 28.8 Å². The van der Waals surface area contributed by atoms with Crippen LogP contribution in [0.5, 0.6) is 5.75 Å². The van der Waals surface area contributed by atoms with E-state index < -0.39 is 17.8 Å². The number of nitrogens with zero attached hydrogens (tertiary/aromatic N) is 2. The number of phenolic OH excluding ortho intramolecular Hbond substituents is 1. The molecule has 34 heavy (non-hydrogen) atoms. The summed E-state index contributed by atoms with van der Waals surface area (Å²) < 4.78 is 13.5. The van der Waals surface area contributed by atoms with E-state index in [1.54, 1.807) is 49.4 Å². The maximum atomic E-state index is 13.5. The van der Waals surface area contributed by atoms with E-state index in [1.165, 1.54) is 12.1 Å². The molecule has 1 saturated carbocycles. The number of nitriles is 1. The number of halogens is 1. The van der Waals surface area contributed by atoms with Crippen LogP contribution < -0.4 is 5.32 Å². The fraction of sp³-hybridized carbons (Fsp3) is 0.250. The van der Waals surface area contributed by atoms with E-state index in [4.69, 9.17) is 5.26 Å². The molecule has 2 aromatic carbocycles. The monoisotopic (exact) mass is 453 g/mol. The predicted octanol–water partition coefficient (Wildman–Crippen LogP) is 5.11. The number of aromatic hydroxyl groups is 1. The lowest BCUT2D eigenvalue weighted by Gasteiger charge is -2.21. The summed E-state index contributed by atoms with van der Waals surface area (Å²) in [5.74, 6) is 5.48. The second-order valence-electron chi connectivity index (χ2n) is 8.77. The van der Waals surface area contributed by atoms with Gasteiger partial charge >= 0.3 is 0 Å². The summed E-state index contributed by atoms with van der Waals surface area (Å²) in [4.78, 5) is 17.6. The number of nitrogens with one attached hydrogen (secondary N) is 1. The van der Waals surface area contributed by atoms with E-state index in [0.717, 1.165) is 18.4 Å². The van der Waals surface area contributed by atoms with Gasteiger partial charge in [0.1, 0.15) is 17.3 Å². The minimum atomic E-state index is -0.713. The predicted molar refractivity (Wildman–Crippen MR) is 126 cm³/mol. The topological polar surface area (TPSA) is 86.0 Å². The number of aromatic nitrogens is 1. The van der Waals surface area contributed by atoms with Crippen LogP contribution in [0.2, 0.25) is 0 Å². The Morgan fingerprint density at radius 1 is 1.18 bits per heavy atom. The summed E-state index contributed by atoms with van der Waals surface area (Å²) in [6.45, 7) is 3.67. The third-order valence-electron chi connectivity index (χ3n) is 5.90. The number of pyridine rings is 1. The summed E-state index contributed by atoms with van der Waals surface area (Å²) in [6.07, 6.45) is 2.21. The molecule has 5 nitrogen and oxygen atoms in total. The fourth-order valence-corrected chi connectivity index (χ4v) is 3.82. The third-order valence-corrected chi connectivity index (χ3v) is 5.90. The van der Waals surface area contributed by atoms with Gasteiger partial charge in [-0.1, -0.05) is 35.6 Å².